The van der Waals surface area contributed by atoms with E-state index in [1.54, 1.807) is 24.8 Å². The number of anilines is 1. The van der Waals surface area contributed by atoms with Gasteiger partial charge in [0.25, 0.3) is 5.56 Å². The Morgan fingerprint density at radius 3 is 2.66 bits per heavy atom. The molecule has 4 rings (SSSR count). The van der Waals surface area contributed by atoms with Crippen molar-refractivity contribution >= 4 is 35.1 Å². The summed E-state index contributed by atoms with van der Waals surface area (Å²) in [6.45, 7) is 0. The molecule has 2 aromatic carbocycles. The van der Waals surface area contributed by atoms with Crippen molar-refractivity contribution in [3.8, 4) is 11.5 Å². The van der Waals surface area contributed by atoms with E-state index in [1.807, 2.05) is 36.4 Å². The molecule has 1 aliphatic heterocycles. The largest absolute Gasteiger partial charge is 0.493 e. The van der Waals surface area contributed by atoms with E-state index in [-0.39, 0.29) is 17.9 Å². The van der Waals surface area contributed by atoms with Gasteiger partial charge in [0.1, 0.15) is 5.82 Å². The quantitative estimate of drug-likeness (QED) is 0.428. The number of hydrogen-bond acceptors (Lipinski definition) is 6. The zero-order valence-corrected chi connectivity index (χ0v) is 19.4. The molecule has 9 heteroatoms. The SMILES string of the molecule is COc1cccc([C@@H]2CC(=O)Nc3c2c(=O)nc(SCc2ccccc2Cl)n3C)c1OC. The van der Waals surface area contributed by atoms with Crippen molar-refractivity contribution < 1.29 is 14.3 Å². The van der Waals surface area contributed by atoms with Crippen LogP contribution in [0.3, 0.4) is 0 Å². The van der Waals surface area contributed by atoms with Gasteiger partial charge in [-0.1, -0.05) is 53.7 Å². The van der Waals surface area contributed by atoms with Gasteiger partial charge in [-0.2, -0.15) is 4.98 Å². The first-order chi connectivity index (χ1) is 15.4. The fourth-order valence-corrected chi connectivity index (χ4v) is 5.12. The summed E-state index contributed by atoms with van der Waals surface area (Å²) < 4.78 is 12.7. The van der Waals surface area contributed by atoms with Crippen LogP contribution in [0.15, 0.2) is 52.4 Å². The van der Waals surface area contributed by atoms with Crippen molar-refractivity contribution in [3.63, 3.8) is 0 Å². The Hall–Kier alpha value is -2.97. The first-order valence-electron chi connectivity index (χ1n) is 9.92. The molecule has 0 aliphatic carbocycles. The van der Waals surface area contributed by atoms with E-state index in [0.29, 0.717) is 44.4 Å². The Balaban J connectivity index is 1.77. The summed E-state index contributed by atoms with van der Waals surface area (Å²) in [6, 6.07) is 13.0. The molecule has 0 bridgehead atoms. The molecule has 0 spiro atoms. The molecule has 32 heavy (non-hydrogen) atoms. The molecule has 1 atom stereocenters. The van der Waals surface area contributed by atoms with Crippen LogP contribution in [0, 0.1) is 0 Å². The predicted molar refractivity (Wildman–Crippen MR) is 125 cm³/mol. The van der Waals surface area contributed by atoms with Gasteiger partial charge in [0.2, 0.25) is 5.91 Å². The molecule has 1 aliphatic rings. The standard InChI is InChI=1S/C23H22ClN3O4S/c1-27-21-19(22(29)26-23(27)32-12-13-7-4-5-9-16(13)24)15(11-18(28)25-21)14-8-6-10-17(30-2)20(14)31-3/h4-10,15H,11-12H2,1-3H3,(H,25,28)/t15-/m0/s1. The van der Waals surface area contributed by atoms with Gasteiger partial charge >= 0.3 is 0 Å². The molecule has 0 unspecified atom stereocenters. The van der Waals surface area contributed by atoms with E-state index in [1.165, 1.54) is 18.9 Å². The van der Waals surface area contributed by atoms with Gasteiger partial charge in [0.15, 0.2) is 16.7 Å². The summed E-state index contributed by atoms with van der Waals surface area (Å²) in [5, 5.41) is 4.00. The third kappa shape index (κ3) is 4.08. The number of rotatable bonds is 6. The average Bonchev–Trinajstić information content (AvgIpc) is 2.80. The molecule has 0 saturated heterocycles. The van der Waals surface area contributed by atoms with Gasteiger partial charge in [-0.05, 0) is 17.7 Å². The lowest BCUT2D eigenvalue weighted by atomic mass is 9.86. The third-order valence-electron chi connectivity index (χ3n) is 5.42. The van der Waals surface area contributed by atoms with Gasteiger partial charge in [-0.3, -0.25) is 9.59 Å². The van der Waals surface area contributed by atoms with Crippen LogP contribution in [-0.4, -0.2) is 29.7 Å². The molecule has 166 valence electrons. The van der Waals surface area contributed by atoms with Gasteiger partial charge in [0, 0.05) is 35.7 Å². The van der Waals surface area contributed by atoms with Crippen molar-refractivity contribution in [1.82, 2.24) is 9.55 Å². The summed E-state index contributed by atoms with van der Waals surface area (Å²) in [6.07, 6.45) is 0.111. The van der Waals surface area contributed by atoms with E-state index in [9.17, 15) is 9.59 Å². The Kier molecular flexibility index (Phi) is 6.43. The Labute approximate surface area is 194 Å². The Morgan fingerprint density at radius 2 is 1.94 bits per heavy atom. The van der Waals surface area contributed by atoms with Crippen molar-refractivity contribution in [3.05, 3.63) is 74.5 Å². The summed E-state index contributed by atoms with van der Waals surface area (Å²) >= 11 is 7.64. The Bertz CT molecular complexity index is 1240. The molecule has 1 amide bonds. The van der Waals surface area contributed by atoms with Gasteiger partial charge < -0.3 is 19.4 Å². The number of benzene rings is 2. The zero-order valence-electron chi connectivity index (χ0n) is 17.8. The smallest absolute Gasteiger partial charge is 0.279 e. The number of aromatic nitrogens is 2. The number of para-hydroxylation sites is 1. The molecule has 2 heterocycles. The minimum atomic E-state index is -0.502. The van der Waals surface area contributed by atoms with Crippen molar-refractivity contribution in [2.45, 2.75) is 23.2 Å². The van der Waals surface area contributed by atoms with E-state index < -0.39 is 5.92 Å². The highest BCUT2D eigenvalue weighted by Crippen LogP contribution is 2.43. The molecule has 1 aromatic heterocycles. The fraction of sp³-hybridized carbons (Fsp3) is 0.261. The highest BCUT2D eigenvalue weighted by Gasteiger charge is 2.34. The summed E-state index contributed by atoms with van der Waals surface area (Å²) in [5.41, 5.74) is 1.70. The number of thioether (sulfide) groups is 1. The van der Waals surface area contributed by atoms with E-state index in [0.717, 1.165) is 5.56 Å². The molecule has 0 saturated carbocycles. The highest BCUT2D eigenvalue weighted by atomic mass is 35.5. The molecule has 7 nitrogen and oxygen atoms in total. The van der Waals surface area contributed by atoms with Crippen LogP contribution in [0.4, 0.5) is 5.82 Å². The lowest BCUT2D eigenvalue weighted by Gasteiger charge is -2.28. The lowest BCUT2D eigenvalue weighted by molar-refractivity contribution is -0.116. The van der Waals surface area contributed by atoms with E-state index in [2.05, 4.69) is 10.3 Å². The fourth-order valence-electron chi connectivity index (χ4n) is 3.87. The van der Waals surface area contributed by atoms with Crippen LogP contribution in [0.2, 0.25) is 5.02 Å². The maximum absolute atomic E-state index is 13.2. The van der Waals surface area contributed by atoms with Gasteiger partial charge in [-0.25, -0.2) is 0 Å². The van der Waals surface area contributed by atoms with E-state index in [4.69, 9.17) is 21.1 Å². The summed E-state index contributed by atoms with van der Waals surface area (Å²) in [5.74, 6) is 1.33. The van der Waals surface area contributed by atoms with Gasteiger partial charge in [0.05, 0.1) is 19.8 Å². The zero-order chi connectivity index (χ0) is 22.8. The lowest BCUT2D eigenvalue weighted by Crippen LogP contribution is -2.33. The van der Waals surface area contributed by atoms with Crippen molar-refractivity contribution in [1.29, 1.82) is 0 Å². The number of ether oxygens (including phenoxy) is 2. The second-order valence-corrected chi connectivity index (χ2v) is 8.64. The second-order valence-electron chi connectivity index (χ2n) is 7.29. The summed E-state index contributed by atoms with van der Waals surface area (Å²) in [4.78, 5) is 30.1. The number of carbonyl (C=O) groups is 1. The average molecular weight is 472 g/mol. The number of amides is 1. The normalized spacial score (nSPS) is 15.1. The maximum Gasteiger partial charge on any atom is 0.279 e. The Morgan fingerprint density at radius 1 is 1.16 bits per heavy atom. The van der Waals surface area contributed by atoms with E-state index >= 15 is 0 Å². The number of nitrogens with one attached hydrogen (secondary N) is 1. The van der Waals surface area contributed by atoms with Gasteiger partial charge in [-0.15, -0.1) is 0 Å². The van der Waals surface area contributed by atoms with Crippen molar-refractivity contribution in [2.75, 3.05) is 19.5 Å². The minimum absolute atomic E-state index is 0.111. The maximum atomic E-state index is 13.2. The number of carbonyl (C=O) groups excluding carboxylic acids is 1. The topological polar surface area (TPSA) is 82.5 Å². The third-order valence-corrected chi connectivity index (χ3v) is 6.87. The number of hydrogen-bond donors (Lipinski definition) is 1. The molecular formula is C23H22ClN3O4S. The molecule has 1 N–H and O–H groups in total. The first kappa shape index (κ1) is 22.2. The first-order valence-corrected chi connectivity index (χ1v) is 11.3. The number of methoxy groups -OCH3 is 2. The number of halogens is 1. The van der Waals surface area contributed by atoms with Crippen molar-refractivity contribution in [2.24, 2.45) is 7.05 Å². The number of nitrogens with zero attached hydrogens (tertiary/aromatic N) is 2. The second kappa shape index (κ2) is 9.26. The molecule has 0 fully saturated rings. The molecule has 0 radical (unpaired) electrons. The van der Waals surface area contributed by atoms with Crippen LogP contribution in [-0.2, 0) is 17.6 Å². The predicted octanol–water partition coefficient (Wildman–Crippen LogP) is 4.22. The van der Waals surface area contributed by atoms with Crippen LogP contribution < -0.4 is 20.3 Å². The summed E-state index contributed by atoms with van der Waals surface area (Å²) in [7, 11) is 4.87. The van der Waals surface area contributed by atoms with Crippen LogP contribution >= 0.6 is 23.4 Å². The number of fused-ring (bicyclic) bond motifs is 1. The highest BCUT2D eigenvalue weighted by molar-refractivity contribution is 7.98. The minimum Gasteiger partial charge on any atom is -0.493 e. The monoisotopic (exact) mass is 471 g/mol. The van der Waals surface area contributed by atoms with Crippen LogP contribution in [0.25, 0.3) is 0 Å². The van der Waals surface area contributed by atoms with Crippen LogP contribution in [0.1, 0.15) is 29.0 Å². The molecule has 3 aromatic rings. The van der Waals surface area contributed by atoms with Crippen LogP contribution in [0.5, 0.6) is 11.5 Å². The molecular weight excluding hydrogens is 450 g/mol.